The van der Waals surface area contributed by atoms with E-state index in [0.29, 0.717) is 16.8 Å². The third-order valence-corrected chi connectivity index (χ3v) is 5.92. The van der Waals surface area contributed by atoms with Crippen LogP contribution in [0.2, 0.25) is 0 Å². The molecule has 2 saturated heterocycles. The van der Waals surface area contributed by atoms with E-state index in [4.69, 9.17) is 4.74 Å². The predicted octanol–water partition coefficient (Wildman–Crippen LogP) is 3.00. The fourth-order valence-electron chi connectivity index (χ4n) is 2.53. The molecule has 2 fully saturated rings. The number of rotatable bonds is 4. The molecule has 1 spiro atoms. The van der Waals surface area contributed by atoms with Crippen LogP contribution < -0.4 is 0 Å². The molecule has 2 nitrogen and oxygen atoms in total. The van der Waals surface area contributed by atoms with Crippen molar-refractivity contribution in [2.24, 2.45) is 5.92 Å². The van der Waals surface area contributed by atoms with Crippen LogP contribution in [0.1, 0.15) is 33.1 Å². The summed E-state index contributed by atoms with van der Waals surface area (Å²) in [5.74, 6) is 3.68. The number of carbonyl (C=O) groups is 1. The molecule has 2 aliphatic heterocycles. The van der Waals surface area contributed by atoms with E-state index in [1.54, 1.807) is 11.8 Å². The second-order valence-electron chi connectivity index (χ2n) is 5.35. The molecule has 2 heterocycles. The van der Waals surface area contributed by atoms with Gasteiger partial charge in [-0.3, -0.25) is 4.79 Å². The second kappa shape index (κ2) is 5.98. The van der Waals surface area contributed by atoms with E-state index in [0.717, 1.165) is 31.6 Å². The molecular formula is C13H22O2S2. The first-order chi connectivity index (χ1) is 8.11. The molecule has 2 rings (SSSR count). The van der Waals surface area contributed by atoms with Gasteiger partial charge in [0.05, 0.1) is 11.4 Å². The van der Waals surface area contributed by atoms with Crippen LogP contribution in [0.25, 0.3) is 0 Å². The van der Waals surface area contributed by atoms with Crippen molar-refractivity contribution in [1.29, 1.82) is 0 Å². The van der Waals surface area contributed by atoms with Crippen molar-refractivity contribution in [2.75, 3.05) is 23.9 Å². The molecular weight excluding hydrogens is 252 g/mol. The highest BCUT2D eigenvalue weighted by Crippen LogP contribution is 2.40. The van der Waals surface area contributed by atoms with Crippen LogP contribution in [0, 0.1) is 5.92 Å². The van der Waals surface area contributed by atoms with Gasteiger partial charge in [0.15, 0.2) is 0 Å². The monoisotopic (exact) mass is 274 g/mol. The van der Waals surface area contributed by atoms with Crippen molar-refractivity contribution in [2.45, 2.75) is 44.0 Å². The Bertz CT molecular complexity index is 273. The molecule has 2 atom stereocenters. The Morgan fingerprint density at radius 2 is 2.41 bits per heavy atom. The summed E-state index contributed by atoms with van der Waals surface area (Å²) in [7, 11) is 0. The number of thioether (sulfide) groups is 2. The van der Waals surface area contributed by atoms with Crippen LogP contribution in [-0.2, 0) is 9.53 Å². The fraction of sp³-hybridized carbons (Fsp3) is 0.923. The van der Waals surface area contributed by atoms with Gasteiger partial charge in [-0.05, 0) is 30.3 Å². The predicted molar refractivity (Wildman–Crippen MR) is 76.0 cm³/mol. The van der Waals surface area contributed by atoms with E-state index in [1.807, 2.05) is 11.8 Å². The molecule has 0 aromatic heterocycles. The zero-order valence-electron chi connectivity index (χ0n) is 10.7. The van der Waals surface area contributed by atoms with E-state index >= 15 is 0 Å². The van der Waals surface area contributed by atoms with E-state index in [1.165, 1.54) is 5.75 Å². The van der Waals surface area contributed by atoms with Gasteiger partial charge in [-0.15, -0.1) is 0 Å². The molecule has 0 saturated carbocycles. The van der Waals surface area contributed by atoms with Gasteiger partial charge < -0.3 is 4.74 Å². The lowest BCUT2D eigenvalue weighted by molar-refractivity contribution is -0.131. The molecule has 4 heteroatoms. The average molecular weight is 274 g/mol. The highest BCUT2D eigenvalue weighted by molar-refractivity contribution is 8.00. The molecule has 17 heavy (non-hydrogen) atoms. The largest absolute Gasteiger partial charge is 0.374 e. The first-order valence-electron chi connectivity index (χ1n) is 6.47. The van der Waals surface area contributed by atoms with E-state index < -0.39 is 0 Å². The van der Waals surface area contributed by atoms with Crippen molar-refractivity contribution in [3.05, 3.63) is 0 Å². The quantitative estimate of drug-likeness (QED) is 0.787. The number of hydrogen-bond acceptors (Lipinski definition) is 4. The van der Waals surface area contributed by atoms with Crippen LogP contribution in [-0.4, -0.2) is 40.5 Å². The second-order valence-corrected chi connectivity index (χ2v) is 8.02. The maximum absolute atomic E-state index is 12.2. The molecule has 2 aliphatic rings. The molecule has 0 aromatic carbocycles. The normalized spacial score (nSPS) is 33.5. The summed E-state index contributed by atoms with van der Waals surface area (Å²) in [5, 5.41) is 0.551. The number of ketones is 1. The summed E-state index contributed by atoms with van der Waals surface area (Å²) in [6.07, 6.45) is 3.04. The van der Waals surface area contributed by atoms with Gasteiger partial charge in [0.2, 0.25) is 0 Å². The SMILES string of the molecule is CC(C)SCC(=O)C1CCOC2(CCSC2)C1. The lowest BCUT2D eigenvalue weighted by Crippen LogP contribution is -2.42. The summed E-state index contributed by atoms with van der Waals surface area (Å²) in [4.78, 5) is 12.2. The maximum atomic E-state index is 12.2. The van der Waals surface area contributed by atoms with Crippen LogP contribution in [0.5, 0.6) is 0 Å². The Morgan fingerprint density at radius 1 is 1.59 bits per heavy atom. The summed E-state index contributed by atoms with van der Waals surface area (Å²) >= 11 is 3.74. The van der Waals surface area contributed by atoms with Crippen molar-refractivity contribution >= 4 is 29.3 Å². The fourth-order valence-corrected chi connectivity index (χ4v) is 4.64. The Labute approximate surface area is 113 Å². The highest BCUT2D eigenvalue weighted by atomic mass is 32.2. The average Bonchev–Trinajstić information content (AvgIpc) is 2.74. The van der Waals surface area contributed by atoms with Crippen LogP contribution in [0.15, 0.2) is 0 Å². The van der Waals surface area contributed by atoms with Crippen molar-refractivity contribution in [1.82, 2.24) is 0 Å². The van der Waals surface area contributed by atoms with E-state index in [-0.39, 0.29) is 11.5 Å². The standard InChI is InChI=1S/C13H22O2S2/c1-10(2)17-8-12(14)11-3-5-15-13(7-11)4-6-16-9-13/h10-11H,3-9H2,1-2H3. The van der Waals surface area contributed by atoms with Gasteiger partial charge >= 0.3 is 0 Å². The summed E-state index contributed by atoms with van der Waals surface area (Å²) in [5.41, 5.74) is 0.0474. The molecule has 0 bridgehead atoms. The lowest BCUT2D eigenvalue weighted by Gasteiger charge is -2.37. The van der Waals surface area contributed by atoms with Gasteiger partial charge in [0.1, 0.15) is 5.78 Å². The van der Waals surface area contributed by atoms with Crippen molar-refractivity contribution < 1.29 is 9.53 Å². The smallest absolute Gasteiger partial charge is 0.146 e. The molecule has 0 amide bonds. The minimum Gasteiger partial charge on any atom is -0.374 e. The third kappa shape index (κ3) is 3.65. The minimum atomic E-state index is 0.0474. The van der Waals surface area contributed by atoms with E-state index in [2.05, 4.69) is 13.8 Å². The van der Waals surface area contributed by atoms with Gasteiger partial charge in [0.25, 0.3) is 0 Å². The van der Waals surface area contributed by atoms with Crippen molar-refractivity contribution in [3.63, 3.8) is 0 Å². The number of carbonyl (C=O) groups excluding carboxylic acids is 1. The summed E-state index contributed by atoms with van der Waals surface area (Å²) < 4.78 is 5.95. The zero-order valence-corrected chi connectivity index (χ0v) is 12.4. The topological polar surface area (TPSA) is 26.3 Å². The summed E-state index contributed by atoms with van der Waals surface area (Å²) in [6.45, 7) is 5.08. The number of Topliss-reactive ketones (excluding diaryl/α,β-unsaturated/α-hetero) is 1. The van der Waals surface area contributed by atoms with Crippen LogP contribution in [0.3, 0.4) is 0 Å². The third-order valence-electron chi connectivity index (χ3n) is 3.57. The van der Waals surface area contributed by atoms with Crippen LogP contribution in [0.4, 0.5) is 0 Å². The van der Waals surface area contributed by atoms with Gasteiger partial charge in [-0.2, -0.15) is 23.5 Å². The zero-order chi connectivity index (χ0) is 12.3. The molecule has 0 aliphatic carbocycles. The first-order valence-corrected chi connectivity index (χ1v) is 8.68. The Balaban J connectivity index is 1.86. The number of hydrogen-bond donors (Lipinski definition) is 0. The Kier molecular flexibility index (Phi) is 4.84. The lowest BCUT2D eigenvalue weighted by atomic mass is 9.83. The minimum absolute atomic E-state index is 0.0474. The first kappa shape index (κ1) is 13.8. The Hall–Kier alpha value is 0.330. The van der Waals surface area contributed by atoms with Gasteiger partial charge in [-0.25, -0.2) is 0 Å². The molecule has 0 N–H and O–H groups in total. The molecule has 98 valence electrons. The van der Waals surface area contributed by atoms with Gasteiger partial charge in [0, 0.05) is 18.3 Å². The van der Waals surface area contributed by atoms with Gasteiger partial charge in [-0.1, -0.05) is 13.8 Å². The number of ether oxygens (including phenoxy) is 1. The van der Waals surface area contributed by atoms with Crippen LogP contribution >= 0.6 is 23.5 Å². The molecule has 0 radical (unpaired) electrons. The van der Waals surface area contributed by atoms with E-state index in [9.17, 15) is 4.79 Å². The Morgan fingerprint density at radius 3 is 3.06 bits per heavy atom. The molecule has 0 aromatic rings. The highest BCUT2D eigenvalue weighted by Gasteiger charge is 2.42. The van der Waals surface area contributed by atoms with Crippen molar-refractivity contribution in [3.8, 4) is 0 Å². The summed E-state index contributed by atoms with van der Waals surface area (Å²) in [6, 6.07) is 0. The molecule has 2 unspecified atom stereocenters. The maximum Gasteiger partial charge on any atom is 0.146 e.